The van der Waals surface area contributed by atoms with Crippen LogP contribution in [0.4, 0.5) is 0 Å². The third-order valence-electron chi connectivity index (χ3n) is 5.26. The molecule has 3 rings (SSSR count). The smallest absolute Gasteiger partial charge is 0.161 e. The highest BCUT2D eigenvalue weighted by atomic mass is 16.5. The number of aryl methyl sites for hydroxylation is 3. The molecule has 6 heteroatoms. The summed E-state index contributed by atoms with van der Waals surface area (Å²) in [4.78, 5) is 4.97. The third-order valence-corrected chi connectivity index (χ3v) is 5.26. The van der Waals surface area contributed by atoms with Gasteiger partial charge in [-0.15, -0.1) is 0 Å². The minimum absolute atomic E-state index is 0.790. The van der Waals surface area contributed by atoms with Crippen molar-refractivity contribution in [2.45, 2.75) is 33.9 Å². The van der Waals surface area contributed by atoms with Gasteiger partial charge in [0.1, 0.15) is 5.76 Å². The van der Waals surface area contributed by atoms with E-state index in [0.717, 1.165) is 62.2 Å². The van der Waals surface area contributed by atoms with Gasteiger partial charge in [0, 0.05) is 44.8 Å². The lowest BCUT2D eigenvalue weighted by Crippen LogP contribution is -2.45. The van der Waals surface area contributed by atoms with Gasteiger partial charge in [0.25, 0.3) is 0 Å². The van der Waals surface area contributed by atoms with Gasteiger partial charge in [-0.25, -0.2) is 0 Å². The Bertz CT molecular complexity index is 729. The zero-order valence-electron chi connectivity index (χ0n) is 16.5. The Morgan fingerprint density at radius 2 is 1.50 bits per heavy atom. The molecule has 142 valence electrons. The van der Waals surface area contributed by atoms with E-state index in [1.54, 1.807) is 14.2 Å². The summed E-state index contributed by atoms with van der Waals surface area (Å²) < 4.78 is 16.1. The van der Waals surface area contributed by atoms with Crippen LogP contribution in [-0.4, -0.2) is 55.4 Å². The molecule has 1 aliphatic heterocycles. The van der Waals surface area contributed by atoms with E-state index in [0.29, 0.717) is 0 Å². The van der Waals surface area contributed by atoms with Crippen LogP contribution in [0.15, 0.2) is 16.7 Å². The van der Waals surface area contributed by atoms with Crippen LogP contribution in [0.2, 0.25) is 0 Å². The SMILES string of the molecule is COc1cc(C)c(CN2CCN(Cc3c(C)noc3C)CC2)cc1OC. The predicted molar refractivity (Wildman–Crippen MR) is 101 cm³/mol. The lowest BCUT2D eigenvalue weighted by atomic mass is 10.1. The molecule has 26 heavy (non-hydrogen) atoms. The zero-order chi connectivity index (χ0) is 18.7. The first-order chi connectivity index (χ1) is 12.5. The molecule has 6 nitrogen and oxygen atoms in total. The summed E-state index contributed by atoms with van der Waals surface area (Å²) in [5.74, 6) is 2.52. The molecule has 0 bridgehead atoms. The van der Waals surface area contributed by atoms with Gasteiger partial charge in [-0.1, -0.05) is 5.16 Å². The molecule has 2 aromatic rings. The number of benzene rings is 1. The molecular formula is C20H29N3O3. The first kappa shape index (κ1) is 18.7. The van der Waals surface area contributed by atoms with Gasteiger partial charge < -0.3 is 14.0 Å². The topological polar surface area (TPSA) is 51.0 Å². The van der Waals surface area contributed by atoms with Crippen molar-refractivity contribution >= 4 is 0 Å². The molecule has 0 amide bonds. The normalized spacial score (nSPS) is 16.0. The lowest BCUT2D eigenvalue weighted by molar-refractivity contribution is 0.121. The molecule has 2 heterocycles. The van der Waals surface area contributed by atoms with Gasteiger partial charge >= 0.3 is 0 Å². The fourth-order valence-corrected chi connectivity index (χ4v) is 3.49. The molecule has 0 unspecified atom stereocenters. The van der Waals surface area contributed by atoms with E-state index in [1.165, 1.54) is 16.7 Å². The molecule has 0 atom stereocenters. The molecule has 0 N–H and O–H groups in total. The molecule has 1 aromatic carbocycles. The van der Waals surface area contributed by atoms with E-state index in [4.69, 9.17) is 14.0 Å². The van der Waals surface area contributed by atoms with Crippen molar-refractivity contribution in [1.82, 2.24) is 15.0 Å². The van der Waals surface area contributed by atoms with E-state index in [1.807, 2.05) is 13.8 Å². The van der Waals surface area contributed by atoms with Crippen LogP contribution in [-0.2, 0) is 13.1 Å². The highest BCUT2D eigenvalue weighted by Gasteiger charge is 2.21. The molecule has 1 aromatic heterocycles. The van der Waals surface area contributed by atoms with Crippen LogP contribution in [0.5, 0.6) is 11.5 Å². The van der Waals surface area contributed by atoms with E-state index in [2.05, 4.69) is 34.0 Å². The van der Waals surface area contributed by atoms with Gasteiger partial charge in [-0.3, -0.25) is 9.80 Å². The van der Waals surface area contributed by atoms with Gasteiger partial charge in [0.2, 0.25) is 0 Å². The number of aromatic nitrogens is 1. The fourth-order valence-electron chi connectivity index (χ4n) is 3.49. The molecule has 0 spiro atoms. The number of hydrogen-bond acceptors (Lipinski definition) is 6. The summed E-state index contributed by atoms with van der Waals surface area (Å²) >= 11 is 0. The molecule has 1 fully saturated rings. The van der Waals surface area contributed by atoms with Gasteiger partial charge in [0.05, 0.1) is 19.9 Å². The number of methoxy groups -OCH3 is 2. The number of ether oxygens (including phenoxy) is 2. The molecule has 1 saturated heterocycles. The van der Waals surface area contributed by atoms with Crippen molar-refractivity contribution in [3.05, 3.63) is 40.3 Å². The number of hydrogen-bond donors (Lipinski definition) is 0. The van der Waals surface area contributed by atoms with Gasteiger partial charge in [0.15, 0.2) is 11.5 Å². The maximum Gasteiger partial charge on any atom is 0.161 e. The van der Waals surface area contributed by atoms with E-state index < -0.39 is 0 Å². The van der Waals surface area contributed by atoms with E-state index >= 15 is 0 Å². The molecule has 0 aliphatic carbocycles. The van der Waals surface area contributed by atoms with Gasteiger partial charge in [-0.05, 0) is 44.0 Å². The quantitative estimate of drug-likeness (QED) is 0.790. The number of rotatable bonds is 6. The van der Waals surface area contributed by atoms with Crippen LogP contribution in [0.1, 0.15) is 28.1 Å². The summed E-state index contributed by atoms with van der Waals surface area (Å²) in [6.07, 6.45) is 0. The lowest BCUT2D eigenvalue weighted by Gasteiger charge is -2.35. The molecule has 1 aliphatic rings. The Morgan fingerprint density at radius 1 is 0.923 bits per heavy atom. The maximum atomic E-state index is 5.45. The first-order valence-corrected chi connectivity index (χ1v) is 9.09. The Balaban J connectivity index is 1.59. The second-order valence-electron chi connectivity index (χ2n) is 6.99. The standard InChI is InChI=1S/C20H29N3O3/c1-14-10-19(24-4)20(25-5)11-17(14)12-22-6-8-23(9-7-22)13-18-15(2)21-26-16(18)3/h10-11H,6-9,12-13H2,1-5H3. The van der Waals surface area contributed by atoms with Crippen LogP contribution < -0.4 is 9.47 Å². The van der Waals surface area contributed by atoms with Crippen LogP contribution in [0.25, 0.3) is 0 Å². The van der Waals surface area contributed by atoms with Crippen molar-refractivity contribution in [1.29, 1.82) is 0 Å². The number of piperazine rings is 1. The van der Waals surface area contributed by atoms with Crippen molar-refractivity contribution in [3.63, 3.8) is 0 Å². The molecule has 0 radical (unpaired) electrons. The summed E-state index contributed by atoms with van der Waals surface area (Å²) in [5, 5.41) is 4.06. The average Bonchev–Trinajstić information content (AvgIpc) is 2.96. The van der Waals surface area contributed by atoms with Crippen molar-refractivity contribution in [3.8, 4) is 11.5 Å². The van der Waals surface area contributed by atoms with Crippen molar-refractivity contribution in [2.24, 2.45) is 0 Å². The average molecular weight is 359 g/mol. The zero-order valence-corrected chi connectivity index (χ0v) is 16.5. The summed E-state index contributed by atoms with van der Waals surface area (Å²) in [5.41, 5.74) is 4.77. The van der Waals surface area contributed by atoms with E-state index in [-0.39, 0.29) is 0 Å². The third kappa shape index (κ3) is 4.02. The summed E-state index contributed by atoms with van der Waals surface area (Å²) in [6, 6.07) is 4.16. The van der Waals surface area contributed by atoms with Crippen LogP contribution in [0, 0.1) is 20.8 Å². The first-order valence-electron chi connectivity index (χ1n) is 9.09. The monoisotopic (exact) mass is 359 g/mol. The van der Waals surface area contributed by atoms with E-state index in [9.17, 15) is 0 Å². The summed E-state index contributed by atoms with van der Waals surface area (Å²) in [7, 11) is 3.36. The van der Waals surface area contributed by atoms with Gasteiger partial charge in [-0.2, -0.15) is 0 Å². The highest BCUT2D eigenvalue weighted by molar-refractivity contribution is 5.47. The second-order valence-corrected chi connectivity index (χ2v) is 6.99. The van der Waals surface area contributed by atoms with Crippen LogP contribution >= 0.6 is 0 Å². The highest BCUT2D eigenvalue weighted by Crippen LogP contribution is 2.31. The minimum atomic E-state index is 0.790. The maximum absolute atomic E-state index is 5.45. The second kappa shape index (κ2) is 8.10. The largest absolute Gasteiger partial charge is 0.493 e. The Morgan fingerprint density at radius 3 is 2.04 bits per heavy atom. The summed E-state index contributed by atoms with van der Waals surface area (Å²) in [6.45, 7) is 12.2. The Kier molecular flexibility index (Phi) is 5.84. The Labute approximate surface area is 155 Å². The molecule has 0 saturated carbocycles. The van der Waals surface area contributed by atoms with Crippen molar-refractivity contribution in [2.75, 3.05) is 40.4 Å². The molecular weight excluding hydrogens is 330 g/mol. The fraction of sp³-hybridized carbons (Fsp3) is 0.550. The predicted octanol–water partition coefficient (Wildman–Crippen LogP) is 2.93. The minimum Gasteiger partial charge on any atom is -0.493 e. The Hall–Kier alpha value is -2.05. The van der Waals surface area contributed by atoms with Crippen LogP contribution in [0.3, 0.4) is 0 Å². The van der Waals surface area contributed by atoms with Crippen molar-refractivity contribution < 1.29 is 14.0 Å². The number of nitrogens with zero attached hydrogens (tertiary/aromatic N) is 3.